The van der Waals surface area contributed by atoms with E-state index in [-0.39, 0.29) is 43.6 Å². The normalized spacial score (nSPS) is 15.2. The van der Waals surface area contributed by atoms with Gasteiger partial charge in [0, 0.05) is 11.1 Å². The van der Waals surface area contributed by atoms with Crippen molar-refractivity contribution in [2.24, 2.45) is 0 Å². The van der Waals surface area contributed by atoms with Gasteiger partial charge < -0.3 is 24.4 Å². The number of methoxy groups -OCH3 is 1. The molecule has 29 heavy (non-hydrogen) atoms. The molecule has 0 saturated carbocycles. The Morgan fingerprint density at radius 2 is 1.76 bits per heavy atom. The maximum atomic E-state index is 12.5. The van der Waals surface area contributed by atoms with Crippen LogP contribution in [0.2, 0.25) is 15.1 Å². The molecule has 0 saturated heterocycles. The number of carbonyl (C=O) groups is 1. The highest BCUT2D eigenvalue weighted by atomic mass is 35.5. The molecule has 0 fully saturated rings. The third-order valence-corrected chi connectivity index (χ3v) is 5.75. The zero-order valence-corrected chi connectivity index (χ0v) is 18.2. The number of esters is 1. The van der Waals surface area contributed by atoms with Crippen molar-refractivity contribution in [3.8, 4) is 28.7 Å². The molecule has 0 radical (unpaired) electrons. The van der Waals surface area contributed by atoms with Crippen LogP contribution in [0, 0.1) is 0 Å². The Bertz CT molecular complexity index is 989. The van der Waals surface area contributed by atoms with Crippen LogP contribution in [-0.2, 0) is 11.2 Å². The minimum Gasteiger partial charge on any atom is -0.506 e. The number of phenols is 2. The molecule has 1 atom stereocenters. The van der Waals surface area contributed by atoms with Crippen LogP contribution >= 0.6 is 34.8 Å². The molecule has 3 rings (SSSR count). The Labute approximate surface area is 182 Å². The van der Waals surface area contributed by atoms with E-state index in [0.29, 0.717) is 24.0 Å². The van der Waals surface area contributed by atoms with Gasteiger partial charge in [0.05, 0.1) is 12.1 Å². The van der Waals surface area contributed by atoms with Gasteiger partial charge in [0.15, 0.2) is 23.0 Å². The van der Waals surface area contributed by atoms with Gasteiger partial charge in [-0.05, 0) is 18.9 Å². The fourth-order valence-electron chi connectivity index (χ4n) is 3.32. The van der Waals surface area contributed by atoms with Crippen molar-refractivity contribution in [1.29, 1.82) is 0 Å². The summed E-state index contributed by atoms with van der Waals surface area (Å²) in [5.41, 5.74) is 0.944. The van der Waals surface area contributed by atoms with E-state index < -0.39 is 17.8 Å². The van der Waals surface area contributed by atoms with E-state index in [9.17, 15) is 15.0 Å². The van der Waals surface area contributed by atoms with Crippen molar-refractivity contribution in [2.45, 2.75) is 39.2 Å². The molecular weight excluding hydrogens is 443 g/mol. The highest BCUT2D eigenvalue weighted by Crippen LogP contribution is 2.54. The molecule has 1 heterocycles. The number of rotatable bonds is 6. The van der Waals surface area contributed by atoms with Crippen molar-refractivity contribution >= 4 is 40.8 Å². The van der Waals surface area contributed by atoms with E-state index in [1.165, 1.54) is 13.2 Å². The summed E-state index contributed by atoms with van der Waals surface area (Å²) in [7, 11) is 1.37. The Morgan fingerprint density at radius 1 is 1.07 bits per heavy atom. The fourth-order valence-corrected chi connectivity index (χ4v) is 4.12. The summed E-state index contributed by atoms with van der Waals surface area (Å²) in [6, 6.07) is 1.46. The summed E-state index contributed by atoms with van der Waals surface area (Å²) in [6.45, 7) is 3.77. The Morgan fingerprint density at radius 3 is 2.34 bits per heavy atom. The van der Waals surface area contributed by atoms with Gasteiger partial charge >= 0.3 is 5.97 Å². The number of ether oxygens (including phenoxy) is 3. The number of benzene rings is 2. The SMILES string of the molecule is CCCc1cc(O)c(Cl)c(OC)c1Oc1c(Cl)c(O)c(Cl)c2c1C(=O)OC2CC. The number of aromatic hydroxyl groups is 2. The van der Waals surface area contributed by atoms with Crippen LogP contribution in [0.3, 0.4) is 0 Å². The van der Waals surface area contributed by atoms with E-state index in [0.717, 1.165) is 6.42 Å². The number of hydrogen-bond donors (Lipinski definition) is 2. The first kappa shape index (κ1) is 21.7. The fraction of sp³-hybridized carbons (Fsp3) is 0.350. The van der Waals surface area contributed by atoms with Crippen molar-refractivity contribution in [2.75, 3.05) is 7.11 Å². The van der Waals surface area contributed by atoms with Crippen LogP contribution in [0.5, 0.6) is 28.7 Å². The lowest BCUT2D eigenvalue weighted by molar-refractivity contribution is 0.0377. The maximum absolute atomic E-state index is 12.5. The van der Waals surface area contributed by atoms with Crippen LogP contribution in [-0.4, -0.2) is 23.3 Å². The smallest absolute Gasteiger partial charge is 0.343 e. The zero-order valence-electron chi connectivity index (χ0n) is 15.9. The summed E-state index contributed by atoms with van der Waals surface area (Å²) < 4.78 is 16.7. The first-order chi connectivity index (χ1) is 13.8. The predicted molar refractivity (Wildman–Crippen MR) is 110 cm³/mol. The average Bonchev–Trinajstić information content (AvgIpc) is 3.03. The number of cyclic esters (lactones) is 1. The minimum absolute atomic E-state index is 0.0401. The predicted octanol–water partition coefficient (Wildman–Crippen LogP) is 6.43. The summed E-state index contributed by atoms with van der Waals surface area (Å²) in [5.74, 6) is -1.10. The molecule has 6 nitrogen and oxygen atoms in total. The van der Waals surface area contributed by atoms with Gasteiger partial charge in [0.25, 0.3) is 0 Å². The van der Waals surface area contributed by atoms with Gasteiger partial charge in [-0.3, -0.25) is 0 Å². The van der Waals surface area contributed by atoms with E-state index in [2.05, 4.69) is 0 Å². The first-order valence-electron chi connectivity index (χ1n) is 8.97. The molecule has 1 aliphatic rings. The molecule has 2 aromatic carbocycles. The highest BCUT2D eigenvalue weighted by molar-refractivity contribution is 6.39. The highest BCUT2D eigenvalue weighted by Gasteiger charge is 2.39. The number of halogens is 3. The number of aryl methyl sites for hydroxylation is 1. The Kier molecular flexibility index (Phi) is 6.27. The Hall–Kier alpha value is -2.02. The summed E-state index contributed by atoms with van der Waals surface area (Å²) in [4.78, 5) is 12.5. The lowest BCUT2D eigenvalue weighted by Crippen LogP contribution is -2.03. The van der Waals surface area contributed by atoms with Gasteiger partial charge in [0.2, 0.25) is 0 Å². The molecule has 1 aliphatic heterocycles. The number of hydrogen-bond acceptors (Lipinski definition) is 6. The van der Waals surface area contributed by atoms with Gasteiger partial charge in [-0.1, -0.05) is 55.1 Å². The first-order valence-corrected chi connectivity index (χ1v) is 10.1. The molecule has 2 aromatic rings. The third-order valence-electron chi connectivity index (χ3n) is 4.65. The third kappa shape index (κ3) is 3.54. The van der Waals surface area contributed by atoms with Crippen LogP contribution < -0.4 is 9.47 Å². The van der Waals surface area contributed by atoms with E-state index in [1.54, 1.807) is 0 Å². The number of carbonyl (C=O) groups excluding carboxylic acids is 1. The summed E-state index contributed by atoms with van der Waals surface area (Å²) >= 11 is 18.7. The molecule has 0 amide bonds. The van der Waals surface area contributed by atoms with Gasteiger partial charge in [-0.2, -0.15) is 0 Å². The largest absolute Gasteiger partial charge is 0.506 e. The second-order valence-electron chi connectivity index (χ2n) is 6.48. The van der Waals surface area contributed by atoms with Crippen LogP contribution in [0.15, 0.2) is 6.07 Å². The second-order valence-corrected chi connectivity index (χ2v) is 7.61. The van der Waals surface area contributed by atoms with Crippen molar-refractivity contribution < 1.29 is 29.2 Å². The molecule has 156 valence electrons. The Balaban J connectivity index is 2.28. The minimum atomic E-state index is -0.661. The van der Waals surface area contributed by atoms with Gasteiger partial charge in [-0.15, -0.1) is 0 Å². The second kappa shape index (κ2) is 8.38. The van der Waals surface area contributed by atoms with E-state index >= 15 is 0 Å². The molecule has 0 spiro atoms. The molecular formula is C20H19Cl3O6. The number of fused-ring (bicyclic) bond motifs is 1. The van der Waals surface area contributed by atoms with Crippen LogP contribution in [0.4, 0.5) is 0 Å². The molecule has 0 aliphatic carbocycles. The van der Waals surface area contributed by atoms with Crippen molar-refractivity contribution in [3.63, 3.8) is 0 Å². The van der Waals surface area contributed by atoms with Crippen LogP contribution in [0.25, 0.3) is 0 Å². The van der Waals surface area contributed by atoms with Gasteiger partial charge in [0.1, 0.15) is 27.5 Å². The number of phenolic OH excluding ortho intramolecular Hbond substituents is 2. The lowest BCUT2D eigenvalue weighted by atomic mass is 10.0. The average molecular weight is 462 g/mol. The monoisotopic (exact) mass is 460 g/mol. The van der Waals surface area contributed by atoms with Gasteiger partial charge in [-0.25, -0.2) is 4.79 Å². The van der Waals surface area contributed by atoms with E-state index in [1.807, 2.05) is 13.8 Å². The molecule has 1 unspecified atom stereocenters. The summed E-state index contributed by atoms with van der Waals surface area (Å²) in [6.07, 6.45) is 1.08. The lowest BCUT2D eigenvalue weighted by Gasteiger charge is -2.19. The quantitative estimate of drug-likeness (QED) is 0.482. The van der Waals surface area contributed by atoms with Crippen molar-refractivity contribution in [1.82, 2.24) is 0 Å². The standard InChI is InChI=1S/C20H19Cl3O6/c1-4-6-8-7-9(24)13(21)19(27-3)17(8)29-18-12-11(10(5-2)28-20(12)26)14(22)16(25)15(18)23/h7,10,24-25H,4-6H2,1-3H3. The zero-order chi connectivity index (χ0) is 21.5. The molecule has 2 N–H and O–H groups in total. The molecule has 0 bridgehead atoms. The van der Waals surface area contributed by atoms with Crippen LogP contribution in [0.1, 0.15) is 54.3 Å². The molecule has 9 heteroatoms. The van der Waals surface area contributed by atoms with E-state index in [4.69, 9.17) is 49.0 Å². The molecule has 0 aromatic heterocycles. The van der Waals surface area contributed by atoms with Crippen molar-refractivity contribution in [3.05, 3.63) is 37.8 Å². The topological polar surface area (TPSA) is 85.2 Å². The summed E-state index contributed by atoms with van der Waals surface area (Å²) in [5, 5.41) is 20.2. The maximum Gasteiger partial charge on any atom is 0.343 e.